The summed E-state index contributed by atoms with van der Waals surface area (Å²) in [6, 6.07) is 14.4. The number of carbonyl (C=O) groups excluding carboxylic acids is 1. The van der Waals surface area contributed by atoms with Crippen molar-refractivity contribution in [1.82, 2.24) is 4.31 Å². The van der Waals surface area contributed by atoms with Crippen LogP contribution in [0, 0.1) is 5.92 Å². The second kappa shape index (κ2) is 8.54. The van der Waals surface area contributed by atoms with E-state index in [1.807, 2.05) is 24.3 Å². The Morgan fingerprint density at radius 3 is 2.37 bits per heavy atom. The van der Waals surface area contributed by atoms with Gasteiger partial charge in [-0.15, -0.1) is 0 Å². The number of carbonyl (C=O) groups is 1. The number of hydrogen-bond donors (Lipinski definition) is 1. The summed E-state index contributed by atoms with van der Waals surface area (Å²) >= 11 is 3.32. The van der Waals surface area contributed by atoms with Crippen molar-refractivity contribution in [2.45, 2.75) is 31.1 Å². The molecule has 144 valence electrons. The van der Waals surface area contributed by atoms with Gasteiger partial charge in [0.2, 0.25) is 15.9 Å². The van der Waals surface area contributed by atoms with Crippen LogP contribution in [0.4, 0.5) is 5.69 Å². The number of para-hydroxylation sites is 1. The molecule has 5 nitrogen and oxygen atoms in total. The van der Waals surface area contributed by atoms with Crippen LogP contribution in [-0.4, -0.2) is 31.7 Å². The Kier molecular flexibility index (Phi) is 6.34. The summed E-state index contributed by atoms with van der Waals surface area (Å²) in [6.07, 6.45) is 1.89. The predicted octanol–water partition coefficient (Wildman–Crippen LogP) is 4.05. The Bertz CT molecular complexity index is 905. The summed E-state index contributed by atoms with van der Waals surface area (Å²) in [5.74, 6) is -0.206. The SMILES string of the molecule is CCc1ccccc1NC(=O)C1CCN(S(=O)(=O)c2ccc(Br)cc2)CC1. The van der Waals surface area contributed by atoms with E-state index in [2.05, 4.69) is 28.2 Å². The zero-order valence-corrected chi connectivity index (χ0v) is 17.6. The Labute approximate surface area is 169 Å². The number of amides is 1. The van der Waals surface area contributed by atoms with E-state index in [1.165, 1.54) is 4.31 Å². The van der Waals surface area contributed by atoms with Gasteiger partial charge in [0.25, 0.3) is 0 Å². The number of nitrogens with one attached hydrogen (secondary N) is 1. The van der Waals surface area contributed by atoms with Gasteiger partial charge in [0.05, 0.1) is 4.90 Å². The number of sulfonamides is 1. The molecule has 0 atom stereocenters. The smallest absolute Gasteiger partial charge is 0.243 e. The first-order chi connectivity index (χ1) is 12.9. The summed E-state index contributed by atoms with van der Waals surface area (Å²) in [6.45, 7) is 2.76. The lowest BCUT2D eigenvalue weighted by Crippen LogP contribution is -2.41. The third-order valence-electron chi connectivity index (χ3n) is 4.93. The summed E-state index contributed by atoms with van der Waals surface area (Å²) in [7, 11) is -3.52. The fourth-order valence-corrected chi connectivity index (χ4v) is 5.03. The number of halogens is 1. The zero-order chi connectivity index (χ0) is 19.4. The van der Waals surface area contributed by atoms with Crippen molar-refractivity contribution >= 4 is 37.5 Å². The average Bonchev–Trinajstić information content (AvgIpc) is 2.69. The van der Waals surface area contributed by atoms with Crippen LogP contribution in [0.3, 0.4) is 0 Å². The van der Waals surface area contributed by atoms with Gasteiger partial charge in [0.1, 0.15) is 0 Å². The van der Waals surface area contributed by atoms with Gasteiger partial charge in [-0.25, -0.2) is 8.42 Å². The molecule has 3 rings (SSSR count). The molecule has 2 aromatic carbocycles. The van der Waals surface area contributed by atoms with Gasteiger partial charge in [-0.2, -0.15) is 4.31 Å². The molecule has 0 saturated carbocycles. The molecule has 27 heavy (non-hydrogen) atoms. The maximum Gasteiger partial charge on any atom is 0.243 e. The van der Waals surface area contributed by atoms with Gasteiger partial charge in [0, 0.05) is 29.2 Å². The molecule has 1 aliphatic heterocycles. The van der Waals surface area contributed by atoms with Crippen LogP contribution in [0.5, 0.6) is 0 Å². The fraction of sp³-hybridized carbons (Fsp3) is 0.350. The second-order valence-corrected chi connectivity index (χ2v) is 9.49. The van der Waals surface area contributed by atoms with Crippen molar-refractivity contribution in [3.05, 3.63) is 58.6 Å². The largest absolute Gasteiger partial charge is 0.326 e. The minimum atomic E-state index is -3.52. The first-order valence-electron chi connectivity index (χ1n) is 9.06. The molecule has 0 radical (unpaired) electrons. The fourth-order valence-electron chi connectivity index (χ4n) is 3.30. The molecule has 1 saturated heterocycles. The van der Waals surface area contributed by atoms with Crippen LogP contribution in [-0.2, 0) is 21.2 Å². The first-order valence-corrected chi connectivity index (χ1v) is 11.3. The molecule has 0 bridgehead atoms. The van der Waals surface area contributed by atoms with Gasteiger partial charge >= 0.3 is 0 Å². The van der Waals surface area contributed by atoms with Crippen molar-refractivity contribution in [2.24, 2.45) is 5.92 Å². The second-order valence-electron chi connectivity index (χ2n) is 6.63. The van der Waals surface area contributed by atoms with Crippen molar-refractivity contribution in [2.75, 3.05) is 18.4 Å². The zero-order valence-electron chi connectivity index (χ0n) is 15.2. The van der Waals surface area contributed by atoms with E-state index in [0.29, 0.717) is 25.9 Å². The highest BCUT2D eigenvalue weighted by atomic mass is 79.9. The minimum Gasteiger partial charge on any atom is -0.326 e. The minimum absolute atomic E-state index is 0.0309. The molecular weight excluding hydrogens is 428 g/mol. The molecule has 1 heterocycles. The number of benzene rings is 2. The summed E-state index contributed by atoms with van der Waals surface area (Å²) in [5, 5.41) is 3.01. The van der Waals surface area contributed by atoms with Crippen LogP contribution >= 0.6 is 15.9 Å². The van der Waals surface area contributed by atoms with E-state index in [4.69, 9.17) is 0 Å². The van der Waals surface area contributed by atoms with Crippen molar-refractivity contribution in [3.63, 3.8) is 0 Å². The summed E-state index contributed by atoms with van der Waals surface area (Å²) in [4.78, 5) is 12.9. The van der Waals surface area contributed by atoms with E-state index < -0.39 is 10.0 Å². The van der Waals surface area contributed by atoms with Gasteiger partial charge in [-0.05, 0) is 55.2 Å². The average molecular weight is 451 g/mol. The van der Waals surface area contributed by atoms with Gasteiger partial charge in [-0.3, -0.25) is 4.79 Å². The predicted molar refractivity (Wildman–Crippen MR) is 110 cm³/mol. The highest BCUT2D eigenvalue weighted by molar-refractivity contribution is 9.10. The van der Waals surface area contributed by atoms with E-state index in [1.54, 1.807) is 24.3 Å². The lowest BCUT2D eigenvalue weighted by atomic mass is 9.97. The molecule has 0 unspecified atom stereocenters. The number of nitrogens with zero attached hydrogens (tertiary/aromatic N) is 1. The van der Waals surface area contributed by atoms with Gasteiger partial charge in [-0.1, -0.05) is 41.1 Å². The summed E-state index contributed by atoms with van der Waals surface area (Å²) in [5.41, 5.74) is 1.94. The van der Waals surface area contributed by atoms with Crippen LogP contribution in [0.15, 0.2) is 57.9 Å². The van der Waals surface area contributed by atoms with E-state index in [0.717, 1.165) is 22.1 Å². The molecule has 1 amide bonds. The van der Waals surface area contributed by atoms with E-state index in [9.17, 15) is 13.2 Å². The van der Waals surface area contributed by atoms with Crippen molar-refractivity contribution < 1.29 is 13.2 Å². The van der Waals surface area contributed by atoms with Gasteiger partial charge < -0.3 is 5.32 Å². The monoisotopic (exact) mass is 450 g/mol. The number of hydrogen-bond acceptors (Lipinski definition) is 3. The number of rotatable bonds is 5. The summed E-state index contributed by atoms with van der Waals surface area (Å²) < 4.78 is 27.8. The molecule has 7 heteroatoms. The Hall–Kier alpha value is -1.70. The maximum absolute atomic E-state index is 12.8. The van der Waals surface area contributed by atoms with Crippen LogP contribution in [0.1, 0.15) is 25.3 Å². The van der Waals surface area contributed by atoms with Crippen molar-refractivity contribution in [1.29, 1.82) is 0 Å². The first kappa shape index (κ1) is 20.0. The standard InChI is InChI=1S/C20H23BrN2O3S/c1-2-15-5-3-4-6-19(15)22-20(24)16-11-13-23(14-12-16)27(25,26)18-9-7-17(21)8-10-18/h3-10,16H,2,11-14H2,1H3,(H,22,24). The third-order valence-corrected chi connectivity index (χ3v) is 7.37. The molecule has 1 aliphatic rings. The van der Waals surface area contributed by atoms with Crippen molar-refractivity contribution in [3.8, 4) is 0 Å². The Balaban J connectivity index is 1.63. The molecule has 2 aromatic rings. The normalized spacial score (nSPS) is 16.2. The topological polar surface area (TPSA) is 66.5 Å². The number of aryl methyl sites for hydroxylation is 1. The van der Waals surface area contributed by atoms with Crippen LogP contribution < -0.4 is 5.32 Å². The Morgan fingerprint density at radius 1 is 1.11 bits per heavy atom. The highest BCUT2D eigenvalue weighted by Crippen LogP contribution is 2.26. The molecule has 1 N–H and O–H groups in total. The highest BCUT2D eigenvalue weighted by Gasteiger charge is 2.32. The number of piperidine rings is 1. The van der Waals surface area contributed by atoms with E-state index >= 15 is 0 Å². The number of anilines is 1. The van der Waals surface area contributed by atoms with Gasteiger partial charge in [0.15, 0.2) is 0 Å². The molecule has 0 aromatic heterocycles. The molecular formula is C20H23BrN2O3S. The maximum atomic E-state index is 12.8. The van der Waals surface area contributed by atoms with E-state index in [-0.39, 0.29) is 16.7 Å². The molecule has 0 aliphatic carbocycles. The third kappa shape index (κ3) is 4.59. The quantitative estimate of drug-likeness (QED) is 0.746. The lowest BCUT2D eigenvalue weighted by molar-refractivity contribution is -0.120. The lowest BCUT2D eigenvalue weighted by Gasteiger charge is -2.30. The van der Waals surface area contributed by atoms with Crippen LogP contribution in [0.2, 0.25) is 0 Å². The Morgan fingerprint density at radius 2 is 1.74 bits per heavy atom. The molecule has 0 spiro atoms. The van der Waals surface area contributed by atoms with Crippen LogP contribution in [0.25, 0.3) is 0 Å². The molecule has 1 fully saturated rings.